The van der Waals surface area contributed by atoms with Crippen molar-refractivity contribution >= 4 is 9.84 Å². The normalized spacial score (nSPS) is 13.4. The first-order valence-corrected chi connectivity index (χ1v) is 4.40. The molecule has 0 radical (unpaired) electrons. The Morgan fingerprint density at radius 3 is 1.79 bits per heavy atom. The lowest BCUT2D eigenvalue weighted by Gasteiger charge is -2.15. The van der Waals surface area contributed by atoms with E-state index in [9.17, 15) is 36.3 Å². The van der Waals surface area contributed by atoms with Crippen molar-refractivity contribution in [2.75, 3.05) is 0 Å². The predicted molar refractivity (Wildman–Crippen MR) is 34.0 cm³/mol. The minimum atomic E-state index is -5.97. The number of rotatable bonds is 1. The summed E-state index contributed by atoms with van der Waals surface area (Å²) in [6.07, 6.45) is 0. The minimum Gasteiger partial charge on any atom is -0.869 e. The molecule has 78 valence electrons. The fourth-order valence-electron chi connectivity index (χ4n) is 0.710. The van der Waals surface area contributed by atoms with Gasteiger partial charge in [-0.3, -0.25) is 9.59 Å². The zero-order valence-electron chi connectivity index (χ0n) is 6.08. The van der Waals surface area contributed by atoms with Gasteiger partial charge in [-0.1, -0.05) is 0 Å². The second-order valence-electron chi connectivity index (χ2n) is 2.27. The van der Waals surface area contributed by atoms with Crippen LogP contribution in [0, 0.1) is 0 Å². The topological polar surface area (TPSA) is 91.3 Å². The molecule has 0 atom stereocenters. The van der Waals surface area contributed by atoms with E-state index in [-0.39, 0.29) is 0 Å². The first-order valence-electron chi connectivity index (χ1n) is 2.92. The molecular formula is C5F3O5S-. The minimum absolute atomic E-state index is 1.74. The molecule has 0 N–H and O–H groups in total. The first kappa shape index (κ1) is 10.7. The Bertz CT molecular complexity index is 545. The van der Waals surface area contributed by atoms with E-state index in [2.05, 4.69) is 0 Å². The van der Waals surface area contributed by atoms with E-state index in [0.717, 1.165) is 0 Å². The van der Waals surface area contributed by atoms with Crippen molar-refractivity contribution in [1.82, 2.24) is 0 Å². The Labute approximate surface area is 74.0 Å². The SMILES string of the molecule is O=c1c([O-])c(S(=O)(=O)C(F)(F)F)c1=O. The smallest absolute Gasteiger partial charge is 0.502 e. The van der Waals surface area contributed by atoms with Crippen LogP contribution in [0.1, 0.15) is 0 Å². The predicted octanol–water partition coefficient (Wildman–Crippen LogP) is -1.35. The molecule has 0 aromatic heterocycles. The third-order valence-corrected chi connectivity index (χ3v) is 2.92. The van der Waals surface area contributed by atoms with Crippen LogP contribution in [0.4, 0.5) is 13.2 Å². The molecule has 0 aliphatic rings. The third-order valence-electron chi connectivity index (χ3n) is 1.40. The molecule has 0 bridgehead atoms. The van der Waals surface area contributed by atoms with E-state index < -0.39 is 36.8 Å². The number of sulfone groups is 1. The number of hydrogen-bond donors (Lipinski definition) is 0. The molecule has 14 heavy (non-hydrogen) atoms. The van der Waals surface area contributed by atoms with Gasteiger partial charge in [-0.2, -0.15) is 13.2 Å². The van der Waals surface area contributed by atoms with Crippen molar-refractivity contribution in [2.45, 2.75) is 10.4 Å². The number of hydrogen-bond acceptors (Lipinski definition) is 5. The Balaban J connectivity index is 3.51. The van der Waals surface area contributed by atoms with Crippen LogP contribution in [0.2, 0.25) is 0 Å². The van der Waals surface area contributed by atoms with E-state index in [4.69, 9.17) is 0 Å². The van der Waals surface area contributed by atoms with Gasteiger partial charge in [0, 0.05) is 0 Å². The van der Waals surface area contributed by atoms with Gasteiger partial charge in [0.15, 0.2) is 0 Å². The molecule has 0 unspecified atom stereocenters. The van der Waals surface area contributed by atoms with E-state index in [1.54, 1.807) is 0 Å². The van der Waals surface area contributed by atoms with Crippen molar-refractivity contribution in [3.8, 4) is 5.75 Å². The molecule has 0 aliphatic heterocycles. The van der Waals surface area contributed by atoms with Crippen LogP contribution in [-0.2, 0) is 9.84 Å². The van der Waals surface area contributed by atoms with Crippen LogP contribution >= 0.6 is 0 Å². The molecule has 5 nitrogen and oxygen atoms in total. The van der Waals surface area contributed by atoms with Gasteiger partial charge in [-0.15, -0.1) is 0 Å². The van der Waals surface area contributed by atoms with Crippen molar-refractivity contribution in [1.29, 1.82) is 0 Å². The lowest BCUT2D eigenvalue weighted by molar-refractivity contribution is -0.276. The standard InChI is InChI=1S/C5HF3O5S/c6-5(7,8)14(12,13)4-2(10)1(9)3(4)11/h10H/p-1. The summed E-state index contributed by atoms with van der Waals surface area (Å²) in [5.41, 5.74) is -9.39. The van der Waals surface area contributed by atoms with Gasteiger partial charge in [-0.25, -0.2) is 8.42 Å². The summed E-state index contributed by atoms with van der Waals surface area (Å²) < 4.78 is 56.2. The van der Waals surface area contributed by atoms with Crippen LogP contribution in [-0.4, -0.2) is 13.9 Å². The highest BCUT2D eigenvalue weighted by molar-refractivity contribution is 7.92. The molecule has 0 heterocycles. The third kappa shape index (κ3) is 1.12. The molecule has 0 fully saturated rings. The highest BCUT2D eigenvalue weighted by Gasteiger charge is 2.50. The van der Waals surface area contributed by atoms with Gasteiger partial charge >= 0.3 is 5.51 Å². The summed E-state index contributed by atoms with van der Waals surface area (Å²) in [6, 6.07) is 0. The van der Waals surface area contributed by atoms with E-state index in [1.165, 1.54) is 0 Å². The van der Waals surface area contributed by atoms with E-state index in [1.807, 2.05) is 0 Å². The molecule has 0 saturated carbocycles. The summed E-state index contributed by atoms with van der Waals surface area (Å²) in [5.74, 6) is -1.91. The highest BCUT2D eigenvalue weighted by Crippen LogP contribution is 2.31. The van der Waals surface area contributed by atoms with Gasteiger partial charge in [0.1, 0.15) is 4.90 Å². The monoisotopic (exact) mass is 229 g/mol. The molecule has 1 rings (SSSR count). The second kappa shape index (κ2) is 2.56. The van der Waals surface area contributed by atoms with Crippen molar-refractivity contribution in [3.63, 3.8) is 0 Å². The molecule has 0 amide bonds. The molecule has 0 aliphatic carbocycles. The van der Waals surface area contributed by atoms with Gasteiger partial charge in [-0.05, 0) is 5.75 Å². The van der Waals surface area contributed by atoms with E-state index in [0.29, 0.717) is 0 Å². The van der Waals surface area contributed by atoms with Crippen LogP contribution in [0.5, 0.6) is 5.75 Å². The maximum absolute atomic E-state index is 11.8. The summed E-state index contributed by atoms with van der Waals surface area (Å²) in [4.78, 5) is 18.6. The zero-order chi connectivity index (χ0) is 11.3. The summed E-state index contributed by atoms with van der Waals surface area (Å²) >= 11 is 0. The zero-order valence-corrected chi connectivity index (χ0v) is 6.90. The largest absolute Gasteiger partial charge is 0.869 e. The fraction of sp³-hybridized carbons (Fsp3) is 0.200. The van der Waals surface area contributed by atoms with Crippen LogP contribution < -0.4 is 16.0 Å². The van der Waals surface area contributed by atoms with Gasteiger partial charge < -0.3 is 5.11 Å². The molecule has 0 spiro atoms. The Morgan fingerprint density at radius 1 is 1.07 bits per heavy atom. The molecular weight excluding hydrogens is 229 g/mol. The maximum atomic E-state index is 11.8. The summed E-state index contributed by atoms with van der Waals surface area (Å²) in [7, 11) is -5.97. The number of alkyl halides is 3. The van der Waals surface area contributed by atoms with Crippen molar-refractivity contribution in [2.24, 2.45) is 0 Å². The van der Waals surface area contributed by atoms with Crippen LogP contribution in [0.15, 0.2) is 14.5 Å². The van der Waals surface area contributed by atoms with Gasteiger partial charge in [0.05, 0.1) is 0 Å². The second-order valence-corrected chi connectivity index (χ2v) is 4.14. The molecule has 0 saturated heterocycles. The van der Waals surface area contributed by atoms with Gasteiger partial charge in [0.25, 0.3) is 9.84 Å². The lowest BCUT2D eigenvalue weighted by atomic mass is 10.3. The average Bonchev–Trinajstić information content (AvgIpc) is 2.01. The fourth-order valence-corrected chi connectivity index (χ4v) is 1.61. The summed E-state index contributed by atoms with van der Waals surface area (Å²) in [6.45, 7) is 0. The highest BCUT2D eigenvalue weighted by atomic mass is 32.2. The quantitative estimate of drug-likeness (QED) is 0.555. The Kier molecular flexibility index (Phi) is 1.96. The Hall–Kier alpha value is -1.38. The summed E-state index contributed by atoms with van der Waals surface area (Å²) in [5, 5.41) is 10.4. The molecule has 1 aromatic rings. The van der Waals surface area contributed by atoms with Crippen molar-refractivity contribution < 1.29 is 26.7 Å². The lowest BCUT2D eigenvalue weighted by Crippen LogP contribution is -2.43. The van der Waals surface area contributed by atoms with Crippen LogP contribution in [0.25, 0.3) is 0 Å². The molecule has 9 heteroatoms. The Morgan fingerprint density at radius 2 is 1.50 bits per heavy atom. The first-order chi connectivity index (χ1) is 6.10. The maximum Gasteiger partial charge on any atom is 0.502 e. The van der Waals surface area contributed by atoms with Crippen molar-refractivity contribution in [3.05, 3.63) is 20.4 Å². The average molecular weight is 229 g/mol. The van der Waals surface area contributed by atoms with Gasteiger partial charge in [0.2, 0.25) is 10.9 Å². The van der Waals surface area contributed by atoms with Crippen LogP contribution in [0.3, 0.4) is 0 Å². The van der Waals surface area contributed by atoms with E-state index >= 15 is 0 Å². The number of halogens is 3. The molecule has 1 aromatic carbocycles.